The van der Waals surface area contributed by atoms with Gasteiger partial charge >= 0.3 is 77.0 Å². The van der Waals surface area contributed by atoms with E-state index in [1.807, 2.05) is 0 Å². The van der Waals surface area contributed by atoms with Crippen LogP contribution in [0.25, 0.3) is 0 Å². The Labute approximate surface area is 108 Å². The molecule has 0 fully saturated rings. The molecule has 0 radical (unpaired) electrons. The van der Waals surface area contributed by atoms with Crippen molar-refractivity contribution in [2.75, 3.05) is 0 Å². The van der Waals surface area contributed by atoms with Gasteiger partial charge in [0.15, 0.2) is 0 Å². The summed E-state index contributed by atoms with van der Waals surface area (Å²) >= 11 is 4.33. The first-order valence-corrected chi connectivity index (χ1v) is 5.19. The van der Waals surface area contributed by atoms with Crippen LogP contribution < -0.4 is 31.5 Å². The fourth-order valence-corrected chi connectivity index (χ4v) is 0. The Balaban J connectivity index is -0.0000000255. The fraction of sp³-hybridized carbons (Fsp3) is 1.00. The van der Waals surface area contributed by atoms with E-state index >= 15 is 0 Å². The summed E-state index contributed by atoms with van der Waals surface area (Å²) in [5.74, 6) is 0. The summed E-state index contributed by atoms with van der Waals surface area (Å²) < 4.78 is 1.67. The van der Waals surface area contributed by atoms with Crippen LogP contribution in [0.2, 0.25) is 8.45 Å². The van der Waals surface area contributed by atoms with Crippen LogP contribution in [0.3, 0.4) is 0 Å². The summed E-state index contributed by atoms with van der Waals surface area (Å²) in [6.07, 6.45) is 0. The molecule has 82 valence electrons. The van der Waals surface area contributed by atoms with Gasteiger partial charge in [0, 0.05) is 0 Å². The van der Waals surface area contributed by atoms with Gasteiger partial charge in [-0.25, -0.2) is 0 Å². The van der Waals surface area contributed by atoms with E-state index < -0.39 is 0 Å². The first-order valence-electron chi connectivity index (χ1n) is 3.39. The third kappa shape index (κ3) is 1390. The molecule has 0 atom stereocenters. The van der Waals surface area contributed by atoms with Crippen LogP contribution in [0.15, 0.2) is 0 Å². The van der Waals surface area contributed by atoms with Gasteiger partial charge in [-0.15, -0.1) is 0 Å². The molecule has 0 aliphatic carbocycles. The molecule has 0 saturated heterocycles. The van der Waals surface area contributed by atoms with Gasteiger partial charge in [0.05, 0.1) is 0 Å². The molecule has 0 aliphatic rings. The zero-order valence-corrected chi connectivity index (χ0v) is 11.7. The minimum atomic E-state index is 0.833. The second kappa shape index (κ2) is 47.8. The third-order valence-corrected chi connectivity index (χ3v) is 0. The fourth-order valence-electron chi connectivity index (χ4n) is 0. The maximum Gasteiger partial charge on any atom is -1.00 e. The van der Waals surface area contributed by atoms with Gasteiger partial charge in [0.25, 0.3) is 0 Å². The van der Waals surface area contributed by atoms with E-state index in [-0.39, 0.29) is 0 Å². The maximum absolute atomic E-state index is 7.00. The Hall–Kier alpha value is 1.19. The zero-order valence-electron chi connectivity index (χ0n) is 8.60. The second-order valence-electron chi connectivity index (χ2n) is 2.31. The van der Waals surface area contributed by atoms with Crippen molar-refractivity contribution >= 4 is 0 Å². The molecule has 8 heteroatoms. The summed E-state index contributed by atoms with van der Waals surface area (Å²) in [7, 11) is 0. The molecular formula is C6H14O6Ti2. The van der Waals surface area contributed by atoms with Crippen molar-refractivity contribution in [1.82, 2.24) is 0 Å². The van der Waals surface area contributed by atoms with Gasteiger partial charge in [-0.2, -0.15) is 0 Å². The summed E-state index contributed by atoms with van der Waals surface area (Å²) in [6.45, 7) is 8.67. The molecule has 0 aromatic carbocycles. The minimum absolute atomic E-state index is 0.833. The number of hydrogen-bond donors (Lipinski definition) is 0. The first kappa shape index (κ1) is 29.5. The molecule has 0 heterocycles. The van der Waals surface area contributed by atoms with E-state index in [0.29, 0.717) is 0 Å². The normalized spacial score (nSPS) is 6.57. The molecule has 0 aromatic rings. The average molecular weight is 278 g/mol. The molecular weight excluding hydrogens is 264 g/mol. The minimum Gasteiger partial charge on any atom is -1.00 e. The predicted molar refractivity (Wildman–Crippen MR) is 30.2 cm³/mol. The van der Waals surface area contributed by atoms with Gasteiger partial charge in [-0.1, -0.05) is 0 Å². The van der Waals surface area contributed by atoms with E-state index in [1.54, 1.807) is 0 Å². The molecule has 0 N–H and O–H groups in total. The van der Waals surface area contributed by atoms with Crippen LogP contribution in [0.1, 0.15) is 27.7 Å². The van der Waals surface area contributed by atoms with Crippen LogP contribution >= 0.6 is 0 Å². The smallest absolute Gasteiger partial charge is 1.00 e. The van der Waals surface area contributed by atoms with Crippen molar-refractivity contribution in [1.29, 1.82) is 0 Å². The quantitative estimate of drug-likeness (QED) is 0.249. The van der Waals surface area contributed by atoms with Crippen LogP contribution in [0.4, 0.5) is 0 Å². The van der Waals surface area contributed by atoms with Crippen molar-refractivity contribution in [2.45, 2.75) is 36.1 Å². The van der Waals surface area contributed by atoms with Crippen LogP contribution in [-0.2, 0) is 40.9 Å². The Morgan fingerprint density at radius 2 is 0.571 bits per heavy atom. The summed E-state index contributed by atoms with van der Waals surface area (Å²) in [5, 5.41) is 42.0. The van der Waals surface area contributed by atoms with E-state index in [4.69, 9.17) is 31.5 Å². The van der Waals surface area contributed by atoms with Crippen molar-refractivity contribution in [3.05, 3.63) is 0 Å². The van der Waals surface area contributed by atoms with E-state index in [1.165, 1.54) is 0 Å². The van der Waals surface area contributed by atoms with Gasteiger partial charge in [-0.05, 0) is 0 Å². The Kier molecular flexibility index (Phi) is 100. The molecule has 0 amide bonds. The van der Waals surface area contributed by atoms with Crippen molar-refractivity contribution in [2.24, 2.45) is 0 Å². The van der Waals surface area contributed by atoms with E-state index in [2.05, 4.69) is 68.6 Å². The molecule has 0 bridgehead atoms. The monoisotopic (exact) mass is 278 g/mol. The van der Waals surface area contributed by atoms with E-state index in [0.717, 1.165) is 8.45 Å². The standard InChI is InChI=1S/2C3H7.3O2.2Ti/c2*1-3-2;3*1-2;;/h2*3H,1-2H3;;;;;/q;;3*-2;2*+3. The van der Waals surface area contributed by atoms with Gasteiger partial charge in [0.2, 0.25) is 0 Å². The largest absolute Gasteiger partial charge is 1.00 e. The number of hydrogen-bond acceptors (Lipinski definition) is 6. The van der Waals surface area contributed by atoms with Gasteiger partial charge < -0.3 is 31.5 Å². The van der Waals surface area contributed by atoms with Crippen LogP contribution in [0, 0.1) is 0 Å². The summed E-state index contributed by atoms with van der Waals surface area (Å²) in [5.41, 5.74) is 0. The Bertz CT molecular complexity index is 35.8. The molecule has 0 unspecified atom stereocenters. The van der Waals surface area contributed by atoms with Crippen molar-refractivity contribution in [3.8, 4) is 0 Å². The SMILES string of the molecule is C[CH](C)[Ti+3].C[CH](C)[Ti+3].[O-][O-].[O-][O-].[O-][O-]. The van der Waals surface area contributed by atoms with Crippen molar-refractivity contribution in [3.63, 3.8) is 0 Å². The van der Waals surface area contributed by atoms with Gasteiger partial charge in [-0.3, -0.25) is 0 Å². The molecule has 0 rings (SSSR count). The molecule has 6 nitrogen and oxygen atoms in total. The Morgan fingerprint density at radius 1 is 0.571 bits per heavy atom. The average Bonchev–Trinajstić information content (AvgIpc) is 2.12. The van der Waals surface area contributed by atoms with Crippen molar-refractivity contribution < 1.29 is 72.4 Å². The third-order valence-electron chi connectivity index (χ3n) is 0. The molecule has 0 aliphatic heterocycles. The molecule has 0 saturated carbocycles. The maximum atomic E-state index is 7.00. The van der Waals surface area contributed by atoms with E-state index in [9.17, 15) is 0 Å². The van der Waals surface area contributed by atoms with Gasteiger partial charge in [0.1, 0.15) is 0 Å². The summed E-state index contributed by atoms with van der Waals surface area (Å²) in [6, 6.07) is 0. The zero-order chi connectivity index (χ0) is 13.2. The Morgan fingerprint density at radius 3 is 0.571 bits per heavy atom. The number of rotatable bonds is 0. The molecule has 0 aromatic heterocycles. The van der Waals surface area contributed by atoms with Crippen LogP contribution in [0.5, 0.6) is 0 Å². The molecule has 14 heavy (non-hydrogen) atoms. The second-order valence-corrected chi connectivity index (χ2v) is 5.92. The van der Waals surface area contributed by atoms with Crippen LogP contribution in [-0.4, -0.2) is 0 Å². The summed E-state index contributed by atoms with van der Waals surface area (Å²) in [4.78, 5) is 0. The first-order chi connectivity index (χ1) is 6.46. The predicted octanol–water partition coefficient (Wildman–Crippen LogP) is -4.41. The topological polar surface area (TPSA) is 138 Å². The molecule has 0 spiro atoms.